The molecule has 6 nitrogen and oxygen atoms in total. The van der Waals surface area contributed by atoms with Gasteiger partial charge in [-0.15, -0.1) is 0 Å². The number of carbonyl (C=O) groups excluding carboxylic acids is 1. The predicted molar refractivity (Wildman–Crippen MR) is 93.7 cm³/mol. The number of amides is 1. The van der Waals surface area contributed by atoms with Gasteiger partial charge in [0.1, 0.15) is 0 Å². The van der Waals surface area contributed by atoms with E-state index in [1.807, 2.05) is 11.8 Å². The lowest BCUT2D eigenvalue weighted by Crippen LogP contribution is -2.57. The molecular weight excluding hydrogens is 326 g/mol. The average Bonchev–Trinajstić information content (AvgIpc) is 2.62. The summed E-state index contributed by atoms with van der Waals surface area (Å²) < 4.78 is 29.0. The Balaban J connectivity index is 1.57. The second-order valence-corrected chi connectivity index (χ2v) is 9.40. The first kappa shape index (κ1) is 18.1. The maximum Gasteiger partial charge on any atom is 0.282 e. The van der Waals surface area contributed by atoms with E-state index in [1.165, 1.54) is 6.42 Å². The molecule has 3 fully saturated rings. The molecule has 1 saturated carbocycles. The summed E-state index contributed by atoms with van der Waals surface area (Å²) in [5.74, 6) is 0.419. The Morgan fingerprint density at radius 3 is 2.08 bits per heavy atom. The van der Waals surface area contributed by atoms with Gasteiger partial charge in [-0.25, -0.2) is 0 Å². The van der Waals surface area contributed by atoms with Crippen molar-refractivity contribution < 1.29 is 13.2 Å². The summed E-state index contributed by atoms with van der Waals surface area (Å²) in [5.41, 5.74) is 0. The number of carbonyl (C=O) groups is 1. The fraction of sp³-hybridized carbons (Fsp3) is 0.941. The first-order valence-electron chi connectivity index (χ1n) is 9.56. The fourth-order valence-electron chi connectivity index (χ4n) is 4.31. The molecule has 2 aliphatic heterocycles. The van der Waals surface area contributed by atoms with Gasteiger partial charge >= 0.3 is 0 Å². The molecule has 1 amide bonds. The molecule has 1 atom stereocenters. The Morgan fingerprint density at radius 1 is 0.833 bits per heavy atom. The molecule has 3 rings (SSSR count). The van der Waals surface area contributed by atoms with Crippen LogP contribution in [0.5, 0.6) is 0 Å². The Bertz CT molecular complexity index is 537. The Morgan fingerprint density at radius 2 is 1.46 bits per heavy atom. The molecule has 1 aliphatic carbocycles. The Labute approximate surface area is 146 Å². The van der Waals surface area contributed by atoms with Crippen LogP contribution in [0.1, 0.15) is 58.3 Å². The van der Waals surface area contributed by atoms with Crippen LogP contribution in [0.2, 0.25) is 0 Å². The Hall–Kier alpha value is -0.660. The molecule has 0 radical (unpaired) electrons. The minimum atomic E-state index is -3.38. The van der Waals surface area contributed by atoms with E-state index >= 15 is 0 Å². The van der Waals surface area contributed by atoms with E-state index in [9.17, 15) is 13.2 Å². The van der Waals surface area contributed by atoms with E-state index in [4.69, 9.17) is 0 Å². The average molecular weight is 358 g/mol. The van der Waals surface area contributed by atoms with Gasteiger partial charge in [-0.2, -0.15) is 17.0 Å². The lowest BCUT2D eigenvalue weighted by molar-refractivity contribution is -0.137. The van der Waals surface area contributed by atoms with Crippen molar-refractivity contribution in [1.82, 2.24) is 13.5 Å². The van der Waals surface area contributed by atoms with Crippen LogP contribution in [0.3, 0.4) is 0 Å². The zero-order chi connectivity index (χ0) is 17.2. The number of nitrogens with zero attached hydrogens (tertiary/aromatic N) is 3. The van der Waals surface area contributed by atoms with Crippen LogP contribution in [0.25, 0.3) is 0 Å². The highest BCUT2D eigenvalue weighted by atomic mass is 32.2. The minimum Gasteiger partial charge on any atom is -0.340 e. The maximum atomic E-state index is 12.9. The standard InChI is InChI=1S/C17H31N3O3S/c1-15-7-5-6-10-20(15)24(22,23)19-13-11-18(12-14-19)17(21)16-8-3-2-4-9-16/h15-16H,2-14H2,1H3. The van der Waals surface area contributed by atoms with Crippen LogP contribution >= 0.6 is 0 Å². The van der Waals surface area contributed by atoms with Crippen LogP contribution in [-0.2, 0) is 15.0 Å². The van der Waals surface area contributed by atoms with Crippen molar-refractivity contribution in [3.63, 3.8) is 0 Å². The van der Waals surface area contributed by atoms with Gasteiger partial charge in [0.2, 0.25) is 5.91 Å². The van der Waals surface area contributed by atoms with Crippen LogP contribution in [0.15, 0.2) is 0 Å². The lowest BCUT2D eigenvalue weighted by atomic mass is 9.88. The minimum absolute atomic E-state index is 0.0886. The van der Waals surface area contributed by atoms with Gasteiger partial charge in [0, 0.05) is 44.7 Å². The third-order valence-electron chi connectivity index (χ3n) is 5.87. The highest BCUT2D eigenvalue weighted by Gasteiger charge is 2.37. The van der Waals surface area contributed by atoms with Gasteiger partial charge < -0.3 is 4.90 Å². The van der Waals surface area contributed by atoms with Crippen LogP contribution in [0, 0.1) is 5.92 Å². The van der Waals surface area contributed by atoms with Gasteiger partial charge in [-0.3, -0.25) is 4.79 Å². The summed E-state index contributed by atoms with van der Waals surface area (Å²) in [5, 5.41) is 0. The van der Waals surface area contributed by atoms with E-state index in [2.05, 4.69) is 0 Å². The quantitative estimate of drug-likeness (QED) is 0.774. The maximum absolute atomic E-state index is 12.9. The third-order valence-corrected chi connectivity index (χ3v) is 8.02. The molecule has 0 spiro atoms. The molecule has 0 bridgehead atoms. The molecule has 1 unspecified atom stereocenters. The lowest BCUT2D eigenvalue weighted by Gasteiger charge is -2.40. The predicted octanol–water partition coefficient (Wildman–Crippen LogP) is 1.83. The normalized spacial score (nSPS) is 28.9. The molecule has 7 heteroatoms. The monoisotopic (exact) mass is 357 g/mol. The van der Waals surface area contributed by atoms with E-state index in [-0.39, 0.29) is 17.9 Å². The van der Waals surface area contributed by atoms with Crippen LogP contribution in [-0.4, -0.2) is 66.6 Å². The number of piperidine rings is 1. The summed E-state index contributed by atoms with van der Waals surface area (Å²) in [6.07, 6.45) is 8.55. The second kappa shape index (κ2) is 7.70. The molecule has 0 aromatic carbocycles. The molecule has 0 aromatic rings. The summed E-state index contributed by atoms with van der Waals surface area (Å²) in [7, 11) is -3.38. The third kappa shape index (κ3) is 3.78. The van der Waals surface area contributed by atoms with Crippen molar-refractivity contribution in [2.24, 2.45) is 5.92 Å². The highest BCUT2D eigenvalue weighted by Crippen LogP contribution is 2.27. The van der Waals surface area contributed by atoms with Crippen LogP contribution in [0.4, 0.5) is 0 Å². The first-order chi connectivity index (χ1) is 11.5. The molecular formula is C17H31N3O3S. The molecule has 2 heterocycles. The number of rotatable bonds is 3. The van der Waals surface area contributed by atoms with Crippen molar-refractivity contribution in [2.45, 2.75) is 64.3 Å². The number of hydrogen-bond acceptors (Lipinski definition) is 3. The number of piperazine rings is 1. The summed E-state index contributed by atoms with van der Waals surface area (Å²) >= 11 is 0. The molecule has 0 N–H and O–H groups in total. The summed E-state index contributed by atoms with van der Waals surface area (Å²) in [4.78, 5) is 14.5. The highest BCUT2D eigenvalue weighted by molar-refractivity contribution is 7.86. The van der Waals surface area contributed by atoms with Gasteiger partial charge in [0.05, 0.1) is 0 Å². The number of hydrogen-bond donors (Lipinski definition) is 0. The van der Waals surface area contributed by atoms with Crippen molar-refractivity contribution in [2.75, 3.05) is 32.7 Å². The topological polar surface area (TPSA) is 60.9 Å². The second-order valence-electron chi connectivity index (χ2n) is 7.52. The Kier molecular flexibility index (Phi) is 5.82. The van der Waals surface area contributed by atoms with Crippen molar-refractivity contribution in [3.05, 3.63) is 0 Å². The van der Waals surface area contributed by atoms with E-state index in [1.54, 1.807) is 8.61 Å². The fourth-order valence-corrected chi connectivity index (χ4v) is 6.15. The molecule has 0 aromatic heterocycles. The van der Waals surface area contributed by atoms with Gasteiger partial charge in [-0.1, -0.05) is 25.7 Å². The summed E-state index contributed by atoms with van der Waals surface area (Å²) in [6.45, 7) is 4.58. The molecule has 3 aliphatic rings. The smallest absolute Gasteiger partial charge is 0.282 e. The SMILES string of the molecule is CC1CCCCN1S(=O)(=O)N1CCN(C(=O)C2CCCCC2)CC1. The van der Waals surface area contributed by atoms with E-state index < -0.39 is 10.2 Å². The van der Waals surface area contributed by atoms with Gasteiger partial charge in [0.25, 0.3) is 10.2 Å². The zero-order valence-electron chi connectivity index (χ0n) is 14.8. The van der Waals surface area contributed by atoms with Crippen LogP contribution < -0.4 is 0 Å². The zero-order valence-corrected chi connectivity index (χ0v) is 15.6. The largest absolute Gasteiger partial charge is 0.340 e. The molecule has 2 saturated heterocycles. The molecule has 138 valence electrons. The van der Waals surface area contributed by atoms with Gasteiger partial charge in [0.15, 0.2) is 0 Å². The summed E-state index contributed by atoms with van der Waals surface area (Å²) in [6, 6.07) is 0.0886. The molecule has 24 heavy (non-hydrogen) atoms. The van der Waals surface area contributed by atoms with E-state index in [0.717, 1.165) is 44.9 Å². The van der Waals surface area contributed by atoms with Crippen molar-refractivity contribution >= 4 is 16.1 Å². The van der Waals surface area contributed by atoms with Gasteiger partial charge in [-0.05, 0) is 32.6 Å². The van der Waals surface area contributed by atoms with Crippen molar-refractivity contribution in [1.29, 1.82) is 0 Å². The first-order valence-corrected chi connectivity index (χ1v) is 11.0. The van der Waals surface area contributed by atoms with E-state index in [0.29, 0.717) is 32.7 Å². The van der Waals surface area contributed by atoms with Crippen molar-refractivity contribution in [3.8, 4) is 0 Å².